The number of nitrogens with one attached hydrogen (secondary N) is 1. The first-order valence-electron chi connectivity index (χ1n) is 11.4. The molecule has 1 heterocycles. The molecule has 3 rings (SSSR count). The number of alkyl halides is 3. The lowest BCUT2D eigenvalue weighted by atomic mass is 9.99. The molecule has 0 amide bonds. The normalized spacial score (nSPS) is 18.9. The van der Waals surface area contributed by atoms with Gasteiger partial charge in [-0.25, -0.2) is 4.57 Å². The van der Waals surface area contributed by atoms with Gasteiger partial charge in [-0.2, -0.15) is 13.2 Å². The van der Waals surface area contributed by atoms with Crippen molar-refractivity contribution in [1.29, 1.82) is 0 Å². The lowest BCUT2D eigenvalue weighted by Gasteiger charge is -2.18. The van der Waals surface area contributed by atoms with Crippen molar-refractivity contribution in [1.82, 2.24) is 5.32 Å². The summed E-state index contributed by atoms with van der Waals surface area (Å²) >= 11 is 0. The monoisotopic (exact) mass is 501 g/mol. The summed E-state index contributed by atoms with van der Waals surface area (Å²) in [5.41, 5.74) is 0.859. The minimum absolute atomic E-state index is 0.127. The van der Waals surface area contributed by atoms with E-state index in [0.29, 0.717) is 25.8 Å². The molecule has 1 aliphatic rings. The average Bonchev–Trinajstić information content (AvgIpc) is 3.22. The third-order valence-electron chi connectivity index (χ3n) is 5.82. The number of hydrogen-bond donors (Lipinski definition) is 3. The Bertz CT molecular complexity index is 951. The summed E-state index contributed by atoms with van der Waals surface area (Å²) in [4.78, 5) is 17.6. The molecular formula is C24H31F3NO5P. The molecule has 10 heteroatoms. The molecule has 1 fully saturated rings. The lowest BCUT2D eigenvalue weighted by molar-refractivity contribution is -0.138. The molecule has 6 nitrogen and oxygen atoms in total. The molecule has 0 saturated carbocycles. The van der Waals surface area contributed by atoms with Crippen LogP contribution in [0.4, 0.5) is 13.2 Å². The van der Waals surface area contributed by atoms with Crippen LogP contribution in [0, 0.1) is 0 Å². The molecule has 0 unspecified atom stereocenters. The molecule has 1 saturated heterocycles. The number of rotatable bonds is 12. The summed E-state index contributed by atoms with van der Waals surface area (Å²) in [5.74, 6) is 0.127. The molecule has 2 aromatic rings. The third kappa shape index (κ3) is 9.04. The van der Waals surface area contributed by atoms with E-state index in [0.717, 1.165) is 31.7 Å². The minimum atomic E-state index is -4.57. The minimum Gasteiger partial charge on any atom is -0.489 e. The van der Waals surface area contributed by atoms with Crippen molar-refractivity contribution in [2.24, 2.45) is 0 Å². The second kappa shape index (κ2) is 12.2. The summed E-state index contributed by atoms with van der Waals surface area (Å²) in [7, 11) is -4.57. The lowest BCUT2D eigenvalue weighted by Crippen LogP contribution is -2.26. The molecule has 0 spiro atoms. The molecule has 2 aromatic carbocycles. The molecule has 1 aliphatic heterocycles. The van der Waals surface area contributed by atoms with Crippen LogP contribution in [0.15, 0.2) is 48.5 Å². The maximum absolute atomic E-state index is 13.7. The van der Waals surface area contributed by atoms with Crippen LogP contribution in [0.5, 0.6) is 5.75 Å². The fourth-order valence-corrected chi connectivity index (χ4v) is 4.51. The van der Waals surface area contributed by atoms with E-state index in [1.165, 1.54) is 11.6 Å². The van der Waals surface area contributed by atoms with Gasteiger partial charge < -0.3 is 19.8 Å². The van der Waals surface area contributed by atoms with E-state index in [2.05, 4.69) is 22.0 Å². The number of aryl methyl sites for hydroxylation is 2. The van der Waals surface area contributed by atoms with E-state index in [1.807, 2.05) is 18.2 Å². The molecule has 0 radical (unpaired) electrons. The van der Waals surface area contributed by atoms with E-state index in [1.54, 1.807) is 6.07 Å². The Morgan fingerprint density at radius 3 is 2.38 bits per heavy atom. The van der Waals surface area contributed by atoms with Crippen molar-refractivity contribution in [2.75, 3.05) is 13.2 Å². The van der Waals surface area contributed by atoms with E-state index in [9.17, 15) is 17.7 Å². The van der Waals surface area contributed by atoms with E-state index < -0.39 is 25.7 Å². The topological polar surface area (TPSA) is 88.0 Å². The molecule has 3 N–H and O–H groups in total. The molecule has 188 valence electrons. The Labute approximate surface area is 197 Å². The van der Waals surface area contributed by atoms with Crippen LogP contribution < -0.4 is 10.1 Å². The van der Waals surface area contributed by atoms with E-state index >= 15 is 0 Å². The number of benzene rings is 2. The van der Waals surface area contributed by atoms with Crippen LogP contribution in [0.3, 0.4) is 0 Å². The van der Waals surface area contributed by atoms with Crippen molar-refractivity contribution in [3.8, 4) is 5.75 Å². The van der Waals surface area contributed by atoms with Gasteiger partial charge in [-0.05, 0) is 48.9 Å². The zero-order chi connectivity index (χ0) is 24.6. The maximum Gasteiger partial charge on any atom is 0.469 e. The van der Waals surface area contributed by atoms with Gasteiger partial charge in [-0.15, -0.1) is 0 Å². The van der Waals surface area contributed by atoms with Gasteiger partial charge >= 0.3 is 14.0 Å². The van der Waals surface area contributed by atoms with Crippen molar-refractivity contribution >= 4 is 7.82 Å². The summed E-state index contributed by atoms with van der Waals surface area (Å²) in [6.45, 7) is 0.142. The van der Waals surface area contributed by atoms with Gasteiger partial charge in [0.2, 0.25) is 0 Å². The highest BCUT2D eigenvalue weighted by Crippen LogP contribution is 2.37. The highest BCUT2D eigenvalue weighted by Gasteiger charge is 2.34. The number of phosphoric acid groups is 1. The number of halogens is 3. The highest BCUT2D eigenvalue weighted by molar-refractivity contribution is 7.46. The summed E-state index contributed by atoms with van der Waals surface area (Å²) in [6, 6.07) is 13.9. The first-order valence-corrected chi connectivity index (χ1v) is 13.0. The molecule has 0 aliphatic carbocycles. The first-order chi connectivity index (χ1) is 16.1. The van der Waals surface area contributed by atoms with Gasteiger partial charge in [0.25, 0.3) is 0 Å². The van der Waals surface area contributed by atoms with Crippen molar-refractivity contribution < 1.29 is 36.8 Å². The van der Waals surface area contributed by atoms with Crippen molar-refractivity contribution in [2.45, 2.75) is 63.3 Å². The average molecular weight is 501 g/mol. The van der Waals surface area contributed by atoms with Crippen LogP contribution in [0.25, 0.3) is 0 Å². The Balaban J connectivity index is 1.48. The molecule has 34 heavy (non-hydrogen) atoms. The molecule has 0 aromatic heterocycles. The smallest absolute Gasteiger partial charge is 0.469 e. The zero-order valence-corrected chi connectivity index (χ0v) is 19.7. The van der Waals surface area contributed by atoms with Crippen LogP contribution in [0.1, 0.15) is 48.8 Å². The van der Waals surface area contributed by atoms with Gasteiger partial charge in [0.15, 0.2) is 0 Å². The van der Waals surface area contributed by atoms with Gasteiger partial charge in [0.05, 0.1) is 12.2 Å². The number of phosphoric ester groups is 1. The van der Waals surface area contributed by atoms with Crippen LogP contribution in [0.2, 0.25) is 0 Å². The first kappa shape index (κ1) is 26.7. The standard InChI is InChI=1S/C24H31F3NO5P/c25-24(26,27)23-15-21(33-22-14-20(28-16-22)17-32-34(29,30)31)13-12-19(23)11-7-2-1-4-8-18-9-5-3-6-10-18/h3,5-6,9-10,12-13,15,20,22,28H,1-2,4,7-8,11,14,16-17H2,(H2,29,30,31)/t20-,22+/m0/s1. The predicted octanol–water partition coefficient (Wildman–Crippen LogP) is 5.27. The highest BCUT2D eigenvalue weighted by atomic mass is 31.2. The van der Waals surface area contributed by atoms with Crippen LogP contribution in [-0.4, -0.2) is 35.1 Å². The molecule has 2 atom stereocenters. The second-order valence-electron chi connectivity index (χ2n) is 8.58. The number of ether oxygens (including phenoxy) is 1. The van der Waals surface area contributed by atoms with E-state index in [4.69, 9.17) is 14.5 Å². The predicted molar refractivity (Wildman–Crippen MR) is 123 cm³/mol. The van der Waals surface area contributed by atoms with Crippen molar-refractivity contribution in [3.63, 3.8) is 0 Å². The molecular weight excluding hydrogens is 470 g/mol. The Morgan fingerprint density at radius 1 is 1.00 bits per heavy atom. The van der Waals surface area contributed by atoms with Gasteiger partial charge in [-0.3, -0.25) is 4.52 Å². The summed E-state index contributed by atoms with van der Waals surface area (Å²) in [5, 5.41) is 3.00. The van der Waals surface area contributed by atoms with Crippen LogP contribution >= 0.6 is 7.82 Å². The van der Waals surface area contributed by atoms with Gasteiger partial charge in [0.1, 0.15) is 11.9 Å². The molecule has 0 bridgehead atoms. The number of unbranched alkanes of at least 4 members (excludes halogenated alkanes) is 3. The Hall–Kier alpha value is -1.90. The largest absolute Gasteiger partial charge is 0.489 e. The zero-order valence-electron chi connectivity index (χ0n) is 18.8. The van der Waals surface area contributed by atoms with Gasteiger partial charge in [-0.1, -0.05) is 49.2 Å². The summed E-state index contributed by atoms with van der Waals surface area (Å²) < 4.78 is 62.0. The Kier molecular flexibility index (Phi) is 9.56. The SMILES string of the molecule is O=P(O)(O)OC[C@@H]1C[C@@H](Oc2ccc(CCCCCCc3ccccc3)c(C(F)(F)F)c2)CN1. The van der Waals surface area contributed by atoms with Gasteiger partial charge in [0, 0.05) is 19.0 Å². The fraction of sp³-hybridized carbons (Fsp3) is 0.500. The number of hydrogen-bond acceptors (Lipinski definition) is 4. The second-order valence-corrected chi connectivity index (χ2v) is 9.82. The van der Waals surface area contributed by atoms with Crippen LogP contribution in [-0.2, 0) is 28.1 Å². The fourth-order valence-electron chi connectivity index (χ4n) is 4.13. The quantitative estimate of drug-likeness (QED) is 0.271. The summed E-state index contributed by atoms with van der Waals surface area (Å²) in [6.07, 6.45) is 0.345. The van der Waals surface area contributed by atoms with Crippen molar-refractivity contribution in [3.05, 3.63) is 65.2 Å². The maximum atomic E-state index is 13.7. The third-order valence-corrected chi connectivity index (χ3v) is 6.30. The van der Waals surface area contributed by atoms with E-state index in [-0.39, 0.29) is 24.0 Å². The Morgan fingerprint density at radius 2 is 1.71 bits per heavy atom.